The second-order valence-corrected chi connectivity index (χ2v) is 6.59. The fraction of sp³-hybridized carbons (Fsp3) is 0.273. The zero-order valence-electron chi connectivity index (χ0n) is 16.9. The lowest BCUT2D eigenvalue weighted by molar-refractivity contribution is -0.123. The van der Waals surface area contributed by atoms with Crippen LogP contribution in [0.5, 0.6) is 5.75 Å². The summed E-state index contributed by atoms with van der Waals surface area (Å²) in [6, 6.07) is 11.9. The summed E-state index contributed by atoms with van der Waals surface area (Å²) in [6.45, 7) is 7.74. The van der Waals surface area contributed by atoms with E-state index < -0.39 is 18.0 Å². The third kappa shape index (κ3) is 4.87. The molecule has 1 unspecified atom stereocenters. The first-order chi connectivity index (χ1) is 13.9. The molecule has 1 atom stereocenters. The van der Waals surface area contributed by atoms with Gasteiger partial charge in [-0.25, -0.2) is 14.8 Å². The molecule has 0 aliphatic rings. The monoisotopic (exact) mass is 393 g/mol. The molecule has 1 N–H and O–H groups in total. The standard InChI is InChI=1S/C22H23N3O4/c1-5-28-18-9-7-17(8-10-18)25-21(26)15(4)29-22(27)16-6-11-19-20(12-16)24-14(3)13(2)23-19/h6-12,15H,5H2,1-4H3,(H,25,26). The number of anilines is 1. The SMILES string of the molecule is CCOc1ccc(NC(=O)C(C)OC(=O)c2ccc3nc(C)c(C)nc3c2)cc1. The number of aryl methyl sites for hydroxylation is 2. The van der Waals surface area contributed by atoms with Crippen LogP contribution in [0.4, 0.5) is 5.69 Å². The van der Waals surface area contributed by atoms with E-state index in [1.165, 1.54) is 6.92 Å². The average molecular weight is 393 g/mol. The Morgan fingerprint density at radius 3 is 2.31 bits per heavy atom. The summed E-state index contributed by atoms with van der Waals surface area (Å²) in [4.78, 5) is 33.7. The van der Waals surface area contributed by atoms with E-state index in [0.29, 0.717) is 28.9 Å². The fourth-order valence-electron chi connectivity index (χ4n) is 2.68. The van der Waals surface area contributed by atoms with E-state index >= 15 is 0 Å². The molecule has 2 aromatic carbocycles. The number of fused-ring (bicyclic) bond motifs is 1. The Bertz CT molecular complexity index is 1050. The Labute approximate surface area is 169 Å². The number of benzene rings is 2. The lowest BCUT2D eigenvalue weighted by Crippen LogP contribution is -2.30. The largest absolute Gasteiger partial charge is 0.494 e. The lowest BCUT2D eigenvalue weighted by atomic mass is 10.2. The van der Waals surface area contributed by atoms with E-state index in [2.05, 4.69) is 15.3 Å². The number of nitrogens with zero attached hydrogens (tertiary/aromatic N) is 2. The summed E-state index contributed by atoms with van der Waals surface area (Å²) in [5.74, 6) is -0.300. The molecule has 0 aliphatic carbocycles. The Kier molecular flexibility index (Phi) is 6.07. The molecule has 0 aliphatic heterocycles. The van der Waals surface area contributed by atoms with E-state index in [4.69, 9.17) is 9.47 Å². The first kappa shape index (κ1) is 20.3. The molecule has 0 saturated carbocycles. The molecule has 150 valence electrons. The molecule has 3 aromatic rings. The average Bonchev–Trinajstić information content (AvgIpc) is 2.70. The van der Waals surface area contributed by atoms with Crippen molar-refractivity contribution in [2.75, 3.05) is 11.9 Å². The van der Waals surface area contributed by atoms with E-state index in [9.17, 15) is 9.59 Å². The lowest BCUT2D eigenvalue weighted by Gasteiger charge is -2.14. The van der Waals surface area contributed by atoms with E-state index in [1.54, 1.807) is 42.5 Å². The van der Waals surface area contributed by atoms with Crippen molar-refractivity contribution in [3.05, 3.63) is 59.4 Å². The normalized spacial score (nSPS) is 11.7. The number of nitrogens with one attached hydrogen (secondary N) is 1. The molecular weight excluding hydrogens is 370 g/mol. The minimum Gasteiger partial charge on any atom is -0.494 e. The summed E-state index contributed by atoms with van der Waals surface area (Å²) < 4.78 is 10.7. The minimum atomic E-state index is -0.962. The third-order valence-electron chi connectivity index (χ3n) is 4.40. The summed E-state index contributed by atoms with van der Waals surface area (Å²) in [6.07, 6.45) is -0.962. The van der Waals surface area contributed by atoms with Gasteiger partial charge in [-0.05, 0) is 70.2 Å². The highest BCUT2D eigenvalue weighted by molar-refractivity contribution is 5.98. The molecule has 1 amide bonds. The summed E-state index contributed by atoms with van der Waals surface area (Å²) in [7, 11) is 0. The van der Waals surface area contributed by atoms with Gasteiger partial charge in [-0.3, -0.25) is 4.79 Å². The number of rotatable bonds is 6. The van der Waals surface area contributed by atoms with Crippen molar-refractivity contribution in [3.8, 4) is 5.75 Å². The number of hydrogen-bond acceptors (Lipinski definition) is 6. The number of carbonyl (C=O) groups excluding carboxylic acids is 2. The van der Waals surface area contributed by atoms with Crippen LogP contribution >= 0.6 is 0 Å². The van der Waals surface area contributed by atoms with Gasteiger partial charge < -0.3 is 14.8 Å². The third-order valence-corrected chi connectivity index (χ3v) is 4.40. The van der Waals surface area contributed by atoms with Gasteiger partial charge >= 0.3 is 5.97 Å². The van der Waals surface area contributed by atoms with Gasteiger partial charge in [-0.15, -0.1) is 0 Å². The Hall–Kier alpha value is -3.48. The van der Waals surface area contributed by atoms with Crippen molar-refractivity contribution < 1.29 is 19.1 Å². The van der Waals surface area contributed by atoms with Gasteiger partial charge in [0, 0.05) is 5.69 Å². The maximum Gasteiger partial charge on any atom is 0.338 e. The molecule has 0 spiro atoms. The highest BCUT2D eigenvalue weighted by atomic mass is 16.5. The summed E-state index contributed by atoms with van der Waals surface area (Å²) >= 11 is 0. The van der Waals surface area contributed by atoms with Gasteiger partial charge in [0.15, 0.2) is 6.10 Å². The van der Waals surface area contributed by atoms with Crippen LogP contribution in [0, 0.1) is 13.8 Å². The van der Waals surface area contributed by atoms with Crippen molar-refractivity contribution in [3.63, 3.8) is 0 Å². The van der Waals surface area contributed by atoms with Gasteiger partial charge in [-0.2, -0.15) is 0 Å². The van der Waals surface area contributed by atoms with Crippen LogP contribution < -0.4 is 10.1 Å². The predicted molar refractivity (Wildman–Crippen MR) is 110 cm³/mol. The quantitative estimate of drug-likeness (QED) is 0.640. The van der Waals surface area contributed by atoms with Gasteiger partial charge in [0.05, 0.1) is 34.6 Å². The second-order valence-electron chi connectivity index (χ2n) is 6.59. The summed E-state index contributed by atoms with van der Waals surface area (Å²) in [5, 5.41) is 2.72. The molecule has 3 rings (SSSR count). The number of aromatic nitrogens is 2. The van der Waals surface area contributed by atoms with Gasteiger partial charge in [0.2, 0.25) is 0 Å². The molecule has 0 fully saturated rings. The molecular formula is C22H23N3O4. The van der Waals surface area contributed by atoms with E-state index in [-0.39, 0.29) is 0 Å². The fourth-order valence-corrected chi connectivity index (χ4v) is 2.68. The van der Waals surface area contributed by atoms with Crippen LogP contribution in [0.1, 0.15) is 35.6 Å². The summed E-state index contributed by atoms with van der Waals surface area (Å²) in [5.41, 5.74) is 3.85. The van der Waals surface area contributed by atoms with E-state index in [0.717, 1.165) is 17.1 Å². The van der Waals surface area contributed by atoms with Crippen LogP contribution in [0.2, 0.25) is 0 Å². The van der Waals surface area contributed by atoms with Crippen LogP contribution in [-0.4, -0.2) is 34.6 Å². The van der Waals surface area contributed by atoms with Gasteiger partial charge in [0.1, 0.15) is 5.75 Å². The molecule has 0 radical (unpaired) electrons. The number of amides is 1. The van der Waals surface area contributed by atoms with Crippen LogP contribution in [0.25, 0.3) is 11.0 Å². The highest BCUT2D eigenvalue weighted by Crippen LogP contribution is 2.18. The Morgan fingerprint density at radius 2 is 1.66 bits per heavy atom. The van der Waals surface area contributed by atoms with E-state index in [1.807, 2.05) is 20.8 Å². The van der Waals surface area contributed by atoms with Gasteiger partial charge in [-0.1, -0.05) is 0 Å². The maximum absolute atomic E-state index is 12.5. The number of ether oxygens (including phenoxy) is 2. The Morgan fingerprint density at radius 1 is 1.00 bits per heavy atom. The minimum absolute atomic E-state index is 0.316. The van der Waals surface area contributed by atoms with Crippen molar-refractivity contribution >= 4 is 28.6 Å². The van der Waals surface area contributed by atoms with Crippen LogP contribution in [-0.2, 0) is 9.53 Å². The number of esters is 1. The first-order valence-corrected chi connectivity index (χ1v) is 9.37. The molecule has 29 heavy (non-hydrogen) atoms. The van der Waals surface area contributed by atoms with Crippen molar-refractivity contribution in [1.82, 2.24) is 9.97 Å². The van der Waals surface area contributed by atoms with Crippen LogP contribution in [0.3, 0.4) is 0 Å². The zero-order valence-corrected chi connectivity index (χ0v) is 16.9. The molecule has 1 heterocycles. The smallest absolute Gasteiger partial charge is 0.338 e. The highest BCUT2D eigenvalue weighted by Gasteiger charge is 2.19. The zero-order chi connectivity index (χ0) is 21.0. The van der Waals surface area contributed by atoms with Crippen LogP contribution in [0.15, 0.2) is 42.5 Å². The predicted octanol–water partition coefficient (Wildman–Crippen LogP) is 3.83. The van der Waals surface area contributed by atoms with Crippen molar-refractivity contribution in [2.45, 2.75) is 33.8 Å². The first-order valence-electron chi connectivity index (χ1n) is 9.37. The van der Waals surface area contributed by atoms with Crippen molar-refractivity contribution in [2.24, 2.45) is 0 Å². The topological polar surface area (TPSA) is 90.4 Å². The molecule has 0 saturated heterocycles. The molecule has 1 aromatic heterocycles. The second kappa shape index (κ2) is 8.68. The molecule has 0 bridgehead atoms. The molecule has 7 heteroatoms. The Balaban J connectivity index is 1.65. The number of hydrogen-bond donors (Lipinski definition) is 1. The molecule has 7 nitrogen and oxygen atoms in total. The van der Waals surface area contributed by atoms with Crippen molar-refractivity contribution in [1.29, 1.82) is 0 Å². The number of carbonyl (C=O) groups is 2. The maximum atomic E-state index is 12.5. The van der Waals surface area contributed by atoms with Gasteiger partial charge in [0.25, 0.3) is 5.91 Å².